The Morgan fingerprint density at radius 1 is 1.42 bits per heavy atom. The van der Waals surface area contributed by atoms with Gasteiger partial charge in [-0.2, -0.15) is 0 Å². The quantitative estimate of drug-likeness (QED) is 0.517. The SMILES string of the molecule is CCCc1ccccc1C(=N)N. The highest BCUT2D eigenvalue weighted by atomic mass is 14.7. The molecule has 2 nitrogen and oxygen atoms in total. The summed E-state index contributed by atoms with van der Waals surface area (Å²) in [6.45, 7) is 2.12. The van der Waals surface area contributed by atoms with Crippen LogP contribution in [0.4, 0.5) is 0 Å². The first-order valence-electron chi connectivity index (χ1n) is 4.18. The maximum Gasteiger partial charge on any atom is 0.123 e. The fourth-order valence-corrected chi connectivity index (χ4v) is 1.27. The van der Waals surface area contributed by atoms with Crippen molar-refractivity contribution in [3.8, 4) is 0 Å². The predicted molar refractivity (Wildman–Crippen MR) is 51.5 cm³/mol. The molecule has 0 aliphatic rings. The third-order valence-corrected chi connectivity index (χ3v) is 1.83. The molecule has 1 aromatic carbocycles. The lowest BCUT2D eigenvalue weighted by Crippen LogP contribution is -2.13. The first-order chi connectivity index (χ1) is 5.75. The minimum atomic E-state index is 0.166. The average molecular weight is 162 g/mol. The maximum atomic E-state index is 7.33. The number of benzene rings is 1. The monoisotopic (exact) mass is 162 g/mol. The molecule has 0 bridgehead atoms. The van der Waals surface area contributed by atoms with Crippen LogP contribution in [0.2, 0.25) is 0 Å². The van der Waals surface area contributed by atoms with Crippen LogP contribution in [0.3, 0.4) is 0 Å². The van der Waals surface area contributed by atoms with Crippen LogP contribution in [0, 0.1) is 5.41 Å². The number of amidine groups is 1. The van der Waals surface area contributed by atoms with Crippen molar-refractivity contribution in [3.63, 3.8) is 0 Å². The summed E-state index contributed by atoms with van der Waals surface area (Å²) in [5.41, 5.74) is 7.48. The van der Waals surface area contributed by atoms with E-state index in [-0.39, 0.29) is 5.84 Å². The normalized spacial score (nSPS) is 9.75. The molecule has 0 aromatic heterocycles. The predicted octanol–water partition coefficient (Wildman–Crippen LogP) is 1.92. The summed E-state index contributed by atoms with van der Waals surface area (Å²) in [7, 11) is 0. The Bertz CT molecular complexity index is 279. The fourth-order valence-electron chi connectivity index (χ4n) is 1.27. The van der Waals surface area contributed by atoms with Crippen LogP contribution >= 0.6 is 0 Å². The lowest BCUT2D eigenvalue weighted by molar-refractivity contribution is 0.919. The molecule has 0 amide bonds. The molecule has 0 spiro atoms. The van der Waals surface area contributed by atoms with Crippen LogP contribution in [0.15, 0.2) is 24.3 Å². The van der Waals surface area contributed by atoms with Crippen molar-refractivity contribution < 1.29 is 0 Å². The molecule has 0 aliphatic heterocycles. The van der Waals surface area contributed by atoms with E-state index in [1.807, 2.05) is 24.3 Å². The van der Waals surface area contributed by atoms with Gasteiger partial charge in [-0.25, -0.2) is 0 Å². The highest BCUT2D eigenvalue weighted by molar-refractivity contribution is 5.96. The Labute approximate surface area is 72.9 Å². The minimum absolute atomic E-state index is 0.166. The average Bonchev–Trinajstić information content (AvgIpc) is 2.05. The molecule has 0 fully saturated rings. The van der Waals surface area contributed by atoms with Crippen LogP contribution < -0.4 is 5.73 Å². The van der Waals surface area contributed by atoms with Gasteiger partial charge in [0.05, 0.1) is 0 Å². The number of aryl methyl sites for hydroxylation is 1. The van der Waals surface area contributed by atoms with E-state index in [2.05, 4.69) is 6.92 Å². The van der Waals surface area contributed by atoms with Gasteiger partial charge in [0.15, 0.2) is 0 Å². The Morgan fingerprint density at radius 2 is 2.08 bits per heavy atom. The highest BCUT2D eigenvalue weighted by Gasteiger charge is 2.01. The number of rotatable bonds is 3. The number of hydrogen-bond acceptors (Lipinski definition) is 1. The second kappa shape index (κ2) is 3.90. The van der Waals surface area contributed by atoms with Crippen LogP contribution in [-0.2, 0) is 6.42 Å². The summed E-state index contributed by atoms with van der Waals surface area (Å²) in [6, 6.07) is 7.82. The van der Waals surface area contributed by atoms with E-state index in [0.717, 1.165) is 18.4 Å². The van der Waals surface area contributed by atoms with E-state index in [1.54, 1.807) is 0 Å². The molecule has 0 aliphatic carbocycles. The molecule has 1 aromatic rings. The van der Waals surface area contributed by atoms with Gasteiger partial charge in [-0.1, -0.05) is 37.6 Å². The summed E-state index contributed by atoms with van der Waals surface area (Å²) in [4.78, 5) is 0. The lowest BCUT2D eigenvalue weighted by atomic mass is 10.0. The van der Waals surface area contributed by atoms with E-state index in [9.17, 15) is 0 Å². The van der Waals surface area contributed by atoms with Gasteiger partial charge in [-0.3, -0.25) is 5.41 Å². The Morgan fingerprint density at radius 3 is 2.67 bits per heavy atom. The van der Waals surface area contributed by atoms with Crippen LogP contribution in [0.25, 0.3) is 0 Å². The molecule has 0 heterocycles. The molecular weight excluding hydrogens is 148 g/mol. The van der Waals surface area contributed by atoms with Crippen molar-refractivity contribution in [1.29, 1.82) is 5.41 Å². The van der Waals surface area contributed by atoms with E-state index < -0.39 is 0 Å². The molecule has 12 heavy (non-hydrogen) atoms. The number of nitrogens with two attached hydrogens (primary N) is 1. The van der Waals surface area contributed by atoms with Gasteiger partial charge in [0.25, 0.3) is 0 Å². The number of nitrogen functional groups attached to an aromatic ring is 1. The maximum absolute atomic E-state index is 7.33. The zero-order chi connectivity index (χ0) is 8.97. The number of nitrogens with one attached hydrogen (secondary N) is 1. The van der Waals surface area contributed by atoms with Crippen LogP contribution in [-0.4, -0.2) is 5.84 Å². The highest BCUT2D eigenvalue weighted by Crippen LogP contribution is 2.09. The first-order valence-corrected chi connectivity index (χ1v) is 4.18. The van der Waals surface area contributed by atoms with Crippen molar-refractivity contribution >= 4 is 5.84 Å². The number of hydrogen-bond donors (Lipinski definition) is 2. The van der Waals surface area contributed by atoms with Crippen LogP contribution in [0.5, 0.6) is 0 Å². The van der Waals surface area contributed by atoms with Gasteiger partial charge < -0.3 is 5.73 Å². The van der Waals surface area contributed by atoms with Gasteiger partial charge >= 0.3 is 0 Å². The second-order valence-corrected chi connectivity index (χ2v) is 2.82. The van der Waals surface area contributed by atoms with Crippen molar-refractivity contribution in [2.24, 2.45) is 5.73 Å². The summed E-state index contributed by atoms with van der Waals surface area (Å²) in [5.74, 6) is 0.166. The summed E-state index contributed by atoms with van der Waals surface area (Å²) in [5, 5.41) is 7.33. The summed E-state index contributed by atoms with van der Waals surface area (Å²) >= 11 is 0. The topological polar surface area (TPSA) is 49.9 Å². The van der Waals surface area contributed by atoms with Crippen molar-refractivity contribution in [3.05, 3.63) is 35.4 Å². The minimum Gasteiger partial charge on any atom is -0.384 e. The van der Waals surface area contributed by atoms with Crippen molar-refractivity contribution in [1.82, 2.24) is 0 Å². The van der Waals surface area contributed by atoms with E-state index in [1.165, 1.54) is 5.56 Å². The molecule has 0 atom stereocenters. The zero-order valence-electron chi connectivity index (χ0n) is 7.30. The molecule has 1 rings (SSSR count). The lowest BCUT2D eigenvalue weighted by Gasteiger charge is -2.05. The van der Waals surface area contributed by atoms with E-state index in [4.69, 9.17) is 11.1 Å². The van der Waals surface area contributed by atoms with Gasteiger partial charge in [-0.05, 0) is 12.0 Å². The molecule has 0 saturated carbocycles. The third-order valence-electron chi connectivity index (χ3n) is 1.83. The van der Waals surface area contributed by atoms with Crippen LogP contribution in [0.1, 0.15) is 24.5 Å². The van der Waals surface area contributed by atoms with E-state index >= 15 is 0 Å². The molecule has 64 valence electrons. The second-order valence-electron chi connectivity index (χ2n) is 2.82. The standard InChI is InChI=1S/C10H14N2/c1-2-5-8-6-3-4-7-9(8)10(11)12/h3-4,6-7H,2,5H2,1H3,(H3,11,12). The van der Waals surface area contributed by atoms with Crippen molar-refractivity contribution in [2.75, 3.05) is 0 Å². The Hall–Kier alpha value is -1.31. The molecule has 0 radical (unpaired) electrons. The molecule has 0 unspecified atom stereocenters. The smallest absolute Gasteiger partial charge is 0.123 e. The Kier molecular flexibility index (Phi) is 2.86. The largest absolute Gasteiger partial charge is 0.384 e. The van der Waals surface area contributed by atoms with Crippen molar-refractivity contribution in [2.45, 2.75) is 19.8 Å². The van der Waals surface area contributed by atoms with Gasteiger partial charge in [0.1, 0.15) is 5.84 Å². The van der Waals surface area contributed by atoms with Gasteiger partial charge in [0, 0.05) is 5.56 Å². The molecule has 0 saturated heterocycles. The summed E-state index contributed by atoms with van der Waals surface area (Å²) in [6.07, 6.45) is 2.08. The first kappa shape index (κ1) is 8.78. The molecule has 3 N–H and O–H groups in total. The van der Waals surface area contributed by atoms with Gasteiger partial charge in [0.2, 0.25) is 0 Å². The molecule has 2 heteroatoms. The zero-order valence-corrected chi connectivity index (χ0v) is 7.30. The fraction of sp³-hybridized carbons (Fsp3) is 0.300. The molecular formula is C10H14N2. The Balaban J connectivity index is 3.00. The summed E-state index contributed by atoms with van der Waals surface area (Å²) < 4.78 is 0. The van der Waals surface area contributed by atoms with E-state index in [0.29, 0.717) is 0 Å². The van der Waals surface area contributed by atoms with Gasteiger partial charge in [-0.15, -0.1) is 0 Å². The third kappa shape index (κ3) is 1.84.